The van der Waals surface area contributed by atoms with Crippen molar-refractivity contribution in [2.75, 3.05) is 19.6 Å². The lowest BCUT2D eigenvalue weighted by atomic mass is 10.1. The van der Waals surface area contributed by atoms with Gasteiger partial charge in [0.05, 0.1) is 6.54 Å². The Morgan fingerprint density at radius 2 is 2.26 bits per heavy atom. The standard InChI is InChI=1S/C15H18N2O2/c16-12-5-3-7-17(9-12)10-13(18)15-8-11-4-1-2-6-14(11)19-15/h1-2,4,6,8,12H,3,5,7,9-10,16H2. The molecule has 2 heterocycles. The molecule has 4 nitrogen and oxygen atoms in total. The molecule has 0 radical (unpaired) electrons. The maximum atomic E-state index is 12.2. The highest BCUT2D eigenvalue weighted by Gasteiger charge is 2.21. The molecule has 0 amide bonds. The second-order valence-corrected chi connectivity index (χ2v) is 5.21. The van der Waals surface area contributed by atoms with E-state index in [1.54, 1.807) is 0 Å². The second-order valence-electron chi connectivity index (χ2n) is 5.21. The van der Waals surface area contributed by atoms with E-state index in [1.807, 2.05) is 30.3 Å². The van der Waals surface area contributed by atoms with Gasteiger partial charge in [-0.05, 0) is 31.5 Å². The van der Waals surface area contributed by atoms with Gasteiger partial charge in [-0.1, -0.05) is 18.2 Å². The van der Waals surface area contributed by atoms with E-state index in [4.69, 9.17) is 10.2 Å². The molecule has 1 aliphatic rings. The number of nitrogens with zero attached hydrogens (tertiary/aromatic N) is 1. The number of benzene rings is 1. The summed E-state index contributed by atoms with van der Waals surface area (Å²) >= 11 is 0. The van der Waals surface area contributed by atoms with Gasteiger partial charge < -0.3 is 10.2 Å². The number of rotatable bonds is 3. The SMILES string of the molecule is NC1CCCN(CC(=O)c2cc3ccccc3o2)C1. The molecular weight excluding hydrogens is 240 g/mol. The fourth-order valence-electron chi connectivity index (χ4n) is 2.64. The van der Waals surface area contributed by atoms with E-state index in [9.17, 15) is 4.79 Å². The molecule has 1 aromatic heterocycles. The Kier molecular flexibility index (Phi) is 3.36. The largest absolute Gasteiger partial charge is 0.453 e. The number of carbonyl (C=O) groups is 1. The Balaban J connectivity index is 1.72. The lowest BCUT2D eigenvalue weighted by molar-refractivity contribution is 0.0883. The number of carbonyl (C=O) groups excluding carboxylic acids is 1. The van der Waals surface area contributed by atoms with Gasteiger partial charge in [-0.2, -0.15) is 0 Å². The molecule has 0 saturated carbocycles. The average Bonchev–Trinajstić information content (AvgIpc) is 2.82. The van der Waals surface area contributed by atoms with Gasteiger partial charge in [-0.3, -0.25) is 9.69 Å². The van der Waals surface area contributed by atoms with Gasteiger partial charge in [0.2, 0.25) is 5.78 Å². The highest BCUT2D eigenvalue weighted by atomic mass is 16.3. The lowest BCUT2D eigenvalue weighted by Crippen LogP contribution is -2.44. The maximum absolute atomic E-state index is 12.2. The van der Waals surface area contributed by atoms with Crippen LogP contribution >= 0.6 is 0 Å². The van der Waals surface area contributed by atoms with Crippen molar-refractivity contribution >= 4 is 16.8 Å². The van der Waals surface area contributed by atoms with Gasteiger partial charge in [-0.25, -0.2) is 0 Å². The van der Waals surface area contributed by atoms with Crippen LogP contribution in [-0.4, -0.2) is 36.4 Å². The molecule has 0 spiro atoms. The molecule has 0 bridgehead atoms. The van der Waals surface area contributed by atoms with Crippen LogP contribution in [0.25, 0.3) is 11.0 Å². The van der Waals surface area contributed by atoms with Gasteiger partial charge in [-0.15, -0.1) is 0 Å². The molecule has 1 atom stereocenters. The summed E-state index contributed by atoms with van der Waals surface area (Å²) < 4.78 is 5.59. The Labute approximate surface area is 112 Å². The van der Waals surface area contributed by atoms with Crippen LogP contribution in [0.4, 0.5) is 0 Å². The van der Waals surface area contributed by atoms with Gasteiger partial charge >= 0.3 is 0 Å². The van der Waals surface area contributed by atoms with Gasteiger partial charge in [0.1, 0.15) is 5.58 Å². The topological polar surface area (TPSA) is 59.5 Å². The number of hydrogen-bond acceptors (Lipinski definition) is 4. The van der Waals surface area contributed by atoms with Crippen LogP contribution in [0.3, 0.4) is 0 Å². The van der Waals surface area contributed by atoms with Crippen LogP contribution in [0.15, 0.2) is 34.7 Å². The number of piperidine rings is 1. The van der Waals surface area contributed by atoms with E-state index in [0.29, 0.717) is 12.3 Å². The third-order valence-corrected chi connectivity index (χ3v) is 3.61. The van der Waals surface area contributed by atoms with Crippen molar-refractivity contribution in [1.29, 1.82) is 0 Å². The first-order chi connectivity index (χ1) is 9.22. The summed E-state index contributed by atoms with van der Waals surface area (Å²) in [6.45, 7) is 2.14. The average molecular weight is 258 g/mol. The molecular formula is C15H18N2O2. The fraction of sp³-hybridized carbons (Fsp3) is 0.400. The minimum absolute atomic E-state index is 0.0327. The van der Waals surface area contributed by atoms with Crippen molar-refractivity contribution in [3.63, 3.8) is 0 Å². The first kappa shape index (κ1) is 12.4. The zero-order valence-electron chi connectivity index (χ0n) is 10.8. The van der Waals surface area contributed by atoms with Crippen molar-refractivity contribution in [3.05, 3.63) is 36.1 Å². The van der Waals surface area contributed by atoms with Gasteiger partial charge in [0, 0.05) is 18.0 Å². The third-order valence-electron chi connectivity index (χ3n) is 3.61. The smallest absolute Gasteiger partial charge is 0.211 e. The number of fused-ring (bicyclic) bond motifs is 1. The summed E-state index contributed by atoms with van der Waals surface area (Å²) in [4.78, 5) is 14.3. The molecule has 2 N–H and O–H groups in total. The molecule has 0 aliphatic carbocycles. The lowest BCUT2D eigenvalue weighted by Gasteiger charge is -2.29. The van der Waals surface area contributed by atoms with Crippen LogP contribution < -0.4 is 5.73 Å². The van der Waals surface area contributed by atoms with Crippen molar-refractivity contribution in [1.82, 2.24) is 4.90 Å². The molecule has 1 aromatic carbocycles. The summed E-state index contributed by atoms with van der Waals surface area (Å²) in [5, 5.41) is 0.973. The first-order valence-corrected chi connectivity index (χ1v) is 6.72. The summed E-state index contributed by atoms with van der Waals surface area (Å²) in [6, 6.07) is 9.69. The van der Waals surface area contributed by atoms with E-state index in [-0.39, 0.29) is 11.8 Å². The Hall–Kier alpha value is -1.65. The maximum Gasteiger partial charge on any atom is 0.211 e. The molecule has 1 aliphatic heterocycles. The molecule has 19 heavy (non-hydrogen) atoms. The number of ketones is 1. The minimum Gasteiger partial charge on any atom is -0.453 e. The molecule has 1 unspecified atom stereocenters. The number of para-hydroxylation sites is 1. The number of nitrogens with two attached hydrogens (primary N) is 1. The number of likely N-dealkylation sites (tertiary alicyclic amines) is 1. The third kappa shape index (κ3) is 2.69. The number of Topliss-reactive ketones (excluding diaryl/α,β-unsaturated/α-hetero) is 1. The summed E-state index contributed by atoms with van der Waals surface area (Å²) in [7, 11) is 0. The summed E-state index contributed by atoms with van der Waals surface area (Å²) in [5.41, 5.74) is 6.69. The highest BCUT2D eigenvalue weighted by molar-refractivity contribution is 5.98. The molecule has 100 valence electrons. The van der Waals surface area contributed by atoms with E-state index < -0.39 is 0 Å². The molecule has 2 aromatic rings. The van der Waals surface area contributed by atoms with Gasteiger partial charge in [0.15, 0.2) is 5.76 Å². The van der Waals surface area contributed by atoms with Crippen molar-refractivity contribution in [2.24, 2.45) is 5.73 Å². The van der Waals surface area contributed by atoms with E-state index >= 15 is 0 Å². The van der Waals surface area contributed by atoms with E-state index in [0.717, 1.165) is 36.9 Å². The first-order valence-electron chi connectivity index (χ1n) is 6.72. The zero-order chi connectivity index (χ0) is 13.2. The predicted molar refractivity (Wildman–Crippen MR) is 74.2 cm³/mol. The monoisotopic (exact) mass is 258 g/mol. The van der Waals surface area contributed by atoms with E-state index in [2.05, 4.69) is 4.90 Å². The number of hydrogen-bond donors (Lipinski definition) is 1. The number of furan rings is 1. The van der Waals surface area contributed by atoms with Crippen LogP contribution in [0.5, 0.6) is 0 Å². The van der Waals surface area contributed by atoms with Gasteiger partial charge in [0.25, 0.3) is 0 Å². The molecule has 1 saturated heterocycles. The van der Waals surface area contributed by atoms with Crippen molar-refractivity contribution < 1.29 is 9.21 Å². The molecule has 3 rings (SSSR count). The van der Waals surface area contributed by atoms with Crippen LogP contribution in [0.1, 0.15) is 23.4 Å². The second kappa shape index (κ2) is 5.15. The summed E-state index contributed by atoms with van der Waals surface area (Å²) in [6.07, 6.45) is 2.11. The quantitative estimate of drug-likeness (QED) is 0.856. The Morgan fingerprint density at radius 3 is 3.05 bits per heavy atom. The Bertz CT molecular complexity index is 558. The highest BCUT2D eigenvalue weighted by Crippen LogP contribution is 2.19. The van der Waals surface area contributed by atoms with Crippen LogP contribution in [0.2, 0.25) is 0 Å². The Morgan fingerprint density at radius 1 is 1.42 bits per heavy atom. The molecule has 4 heteroatoms. The van der Waals surface area contributed by atoms with Crippen LogP contribution in [0, 0.1) is 0 Å². The van der Waals surface area contributed by atoms with Crippen molar-refractivity contribution in [3.8, 4) is 0 Å². The predicted octanol–water partition coefficient (Wildman–Crippen LogP) is 2.04. The molecule has 1 fully saturated rings. The fourth-order valence-corrected chi connectivity index (χ4v) is 2.64. The minimum atomic E-state index is 0.0327. The normalized spacial score (nSPS) is 20.8. The zero-order valence-corrected chi connectivity index (χ0v) is 10.8. The summed E-state index contributed by atoms with van der Waals surface area (Å²) in [5.74, 6) is 0.477. The van der Waals surface area contributed by atoms with E-state index in [1.165, 1.54) is 0 Å². The van der Waals surface area contributed by atoms with Crippen LogP contribution in [-0.2, 0) is 0 Å². The van der Waals surface area contributed by atoms with Crippen molar-refractivity contribution in [2.45, 2.75) is 18.9 Å².